The third-order valence-corrected chi connectivity index (χ3v) is 8.01. The van der Waals surface area contributed by atoms with Crippen molar-refractivity contribution in [3.8, 4) is 0 Å². The first kappa shape index (κ1) is 14.0. The lowest BCUT2D eigenvalue weighted by atomic mass is 9.44. The Labute approximate surface area is 160 Å². The fourth-order valence-corrected chi connectivity index (χ4v) is 6.62. The van der Waals surface area contributed by atoms with Gasteiger partial charge in [-0.2, -0.15) is 0 Å². The number of aliphatic hydroxyl groups is 2. The number of fused-ring (bicyclic) bond motifs is 5. The molecule has 4 rings (SSSR count). The van der Waals surface area contributed by atoms with Crippen molar-refractivity contribution in [2.75, 3.05) is 6.61 Å². The van der Waals surface area contributed by atoms with Crippen molar-refractivity contribution in [2.45, 2.75) is 70.7 Å². The van der Waals surface area contributed by atoms with Crippen LogP contribution in [0, 0.1) is 34.5 Å². The topological polar surface area (TPSA) is 91.7 Å². The van der Waals surface area contributed by atoms with Crippen LogP contribution in [0.4, 0.5) is 0 Å². The highest BCUT2D eigenvalue weighted by Crippen LogP contribution is 2.67. The molecule has 0 spiro atoms. The predicted octanol–water partition coefficient (Wildman–Crippen LogP) is 2.07. The minimum Gasteiger partial charge on any atom is -0.388 e. The number of Topliss-reactive ketones (excluding diaryl/α,β-unsaturated/α-hetero) is 3. The summed E-state index contributed by atoms with van der Waals surface area (Å²) in [7, 11) is 0. The van der Waals surface area contributed by atoms with E-state index < -0.39 is 65.6 Å². The van der Waals surface area contributed by atoms with Crippen molar-refractivity contribution < 1.29 is 30.1 Å². The Bertz CT molecular complexity index is 821. The number of rotatable bonds is 2. The molecular weight excluding hydrogens is 332 g/mol. The molecule has 0 aromatic carbocycles. The number of ketones is 3. The van der Waals surface area contributed by atoms with Crippen molar-refractivity contribution in [2.24, 2.45) is 34.5 Å². The van der Waals surface area contributed by atoms with Crippen LogP contribution in [-0.2, 0) is 14.4 Å². The second-order valence-corrected chi connectivity index (χ2v) is 9.02. The maximum Gasteiger partial charge on any atom is 0.190 e. The van der Waals surface area contributed by atoms with Gasteiger partial charge in [-0.25, -0.2) is 0 Å². The normalized spacial score (nSPS) is 64.3. The van der Waals surface area contributed by atoms with Crippen molar-refractivity contribution >= 4 is 17.3 Å². The van der Waals surface area contributed by atoms with Crippen LogP contribution in [0.15, 0.2) is 0 Å². The van der Waals surface area contributed by atoms with Crippen LogP contribution in [0.25, 0.3) is 0 Å². The standard InChI is InChI=1S/C21H30O5/c1-19-7-5-13(23)9-12(19)3-4-14-15-6-8-21(26,17(25)11-22)20(15,2)10-16(24)18(14)19/h12,14-15,18,22,26H,3-11H2,1-2H3/t12-,14-,15-,18+,19-,20-,21-/m0/s1/i5D,7D,9D,12D/t5?,7?,9?,12-,14-,15-,18+,19-,20-,21-. The second kappa shape index (κ2) is 5.71. The van der Waals surface area contributed by atoms with Crippen molar-refractivity contribution in [3.05, 3.63) is 0 Å². The average Bonchev–Trinajstić information content (AvgIpc) is 2.98. The number of carbonyl (C=O) groups excluding carboxylic acids is 3. The Morgan fingerprint density at radius 2 is 2.04 bits per heavy atom. The zero-order valence-corrected chi connectivity index (χ0v) is 15.3. The van der Waals surface area contributed by atoms with E-state index in [0.717, 1.165) is 0 Å². The first-order chi connectivity index (χ1) is 13.8. The van der Waals surface area contributed by atoms with Gasteiger partial charge in [-0.3, -0.25) is 14.4 Å². The van der Waals surface area contributed by atoms with E-state index in [9.17, 15) is 24.6 Å². The molecule has 3 unspecified atom stereocenters. The highest BCUT2D eigenvalue weighted by molar-refractivity contribution is 5.92. The van der Waals surface area contributed by atoms with Crippen molar-refractivity contribution in [3.63, 3.8) is 0 Å². The van der Waals surface area contributed by atoms with Crippen LogP contribution < -0.4 is 0 Å². The molecule has 0 aromatic heterocycles. The molecule has 4 fully saturated rings. The fraction of sp³-hybridized carbons (Fsp3) is 0.857. The van der Waals surface area contributed by atoms with Crippen LogP contribution in [-0.4, -0.2) is 39.8 Å². The fourth-order valence-electron chi connectivity index (χ4n) is 6.62. The summed E-state index contributed by atoms with van der Waals surface area (Å²) in [6.07, 6.45) is -3.13. The van der Waals surface area contributed by atoms with Crippen molar-refractivity contribution in [1.29, 1.82) is 0 Å². The van der Waals surface area contributed by atoms with Crippen LogP contribution in [0.3, 0.4) is 0 Å². The summed E-state index contributed by atoms with van der Waals surface area (Å²) in [5.41, 5.74) is -4.16. The highest BCUT2D eigenvalue weighted by Gasteiger charge is 2.68. The molecule has 0 heterocycles. The largest absolute Gasteiger partial charge is 0.388 e. The summed E-state index contributed by atoms with van der Waals surface area (Å²) in [5.74, 6) is -4.55. The predicted molar refractivity (Wildman–Crippen MR) is 94.2 cm³/mol. The monoisotopic (exact) mass is 366 g/mol. The number of carbonyl (C=O) groups is 3. The molecule has 5 nitrogen and oxygen atoms in total. The summed E-state index contributed by atoms with van der Waals surface area (Å²) >= 11 is 0. The molecule has 4 aliphatic carbocycles. The summed E-state index contributed by atoms with van der Waals surface area (Å²) in [6.45, 7) is 2.55. The molecular formula is C21H30O5. The van der Waals surface area contributed by atoms with Gasteiger partial charge >= 0.3 is 0 Å². The molecule has 4 aliphatic rings. The van der Waals surface area contributed by atoms with E-state index in [4.69, 9.17) is 5.48 Å². The Morgan fingerprint density at radius 1 is 1.31 bits per heavy atom. The Morgan fingerprint density at radius 3 is 2.73 bits per heavy atom. The van der Waals surface area contributed by atoms with Crippen LogP contribution in [0.2, 0.25) is 0 Å². The Balaban J connectivity index is 1.81. The SMILES string of the molecule is [2H]C1C(=O)C([2H])[C@]2([2H])CC[C@H]3[C@@H]4CC[C@](O)(C(=O)CO)[C@@]4(C)CC(=O)[C@@H]3[C@@]2(C)C1[2H]. The zero-order chi connectivity index (χ0) is 22.4. The molecule has 10 atom stereocenters. The lowest BCUT2D eigenvalue weighted by molar-refractivity contribution is -0.178. The van der Waals surface area contributed by atoms with Crippen LogP contribution >= 0.6 is 0 Å². The first-order valence-corrected chi connectivity index (χ1v) is 9.51. The number of aliphatic hydroxyl groups excluding tert-OH is 1. The molecule has 0 amide bonds. The second-order valence-electron chi connectivity index (χ2n) is 9.02. The molecule has 144 valence electrons. The van der Waals surface area contributed by atoms with E-state index in [0.29, 0.717) is 12.8 Å². The third kappa shape index (κ3) is 2.13. The van der Waals surface area contributed by atoms with Crippen LogP contribution in [0.5, 0.6) is 0 Å². The van der Waals surface area contributed by atoms with Crippen LogP contribution in [0.1, 0.15) is 70.6 Å². The van der Waals surface area contributed by atoms with Crippen molar-refractivity contribution in [1.82, 2.24) is 0 Å². The molecule has 0 aromatic rings. The lowest BCUT2D eigenvalue weighted by Crippen LogP contribution is -2.62. The Hall–Kier alpha value is -1.07. The van der Waals surface area contributed by atoms with E-state index in [-0.39, 0.29) is 36.9 Å². The minimum atomic E-state index is -1.79. The van der Waals surface area contributed by atoms with E-state index in [1.54, 1.807) is 13.8 Å². The summed E-state index contributed by atoms with van der Waals surface area (Å²) in [4.78, 5) is 38.4. The average molecular weight is 366 g/mol. The van der Waals surface area contributed by atoms with Gasteiger partial charge in [-0.05, 0) is 55.2 Å². The smallest absolute Gasteiger partial charge is 0.190 e. The molecule has 26 heavy (non-hydrogen) atoms. The first-order valence-electron chi connectivity index (χ1n) is 11.7. The summed E-state index contributed by atoms with van der Waals surface area (Å²) in [6, 6.07) is 0. The van der Waals surface area contributed by atoms with Gasteiger partial charge in [-0.15, -0.1) is 0 Å². The lowest BCUT2D eigenvalue weighted by Gasteiger charge is -2.59. The zero-order valence-electron chi connectivity index (χ0n) is 19.3. The maximum absolute atomic E-state index is 13.6. The molecule has 5 heteroatoms. The molecule has 0 saturated heterocycles. The van der Waals surface area contributed by atoms with E-state index in [1.807, 2.05) is 0 Å². The van der Waals surface area contributed by atoms with E-state index >= 15 is 0 Å². The van der Waals surface area contributed by atoms with Gasteiger partial charge in [0.1, 0.15) is 23.8 Å². The molecule has 4 saturated carbocycles. The third-order valence-electron chi connectivity index (χ3n) is 8.01. The summed E-state index contributed by atoms with van der Waals surface area (Å²) < 4.78 is 34.3. The molecule has 0 radical (unpaired) electrons. The Kier molecular flexibility index (Phi) is 3.08. The molecule has 0 aliphatic heterocycles. The van der Waals surface area contributed by atoms with Gasteiger partial charge in [0.25, 0.3) is 0 Å². The highest BCUT2D eigenvalue weighted by atomic mass is 16.3. The minimum absolute atomic E-state index is 0.112. The maximum atomic E-state index is 13.6. The molecule has 2 N–H and O–H groups in total. The van der Waals surface area contributed by atoms with Gasteiger partial charge in [0.15, 0.2) is 5.78 Å². The number of hydrogen-bond donors (Lipinski definition) is 2. The summed E-state index contributed by atoms with van der Waals surface area (Å²) in [5, 5.41) is 20.6. The van der Waals surface area contributed by atoms with Gasteiger partial charge in [0.05, 0.1) is 0 Å². The quantitative estimate of drug-likeness (QED) is 0.781. The van der Waals surface area contributed by atoms with Gasteiger partial charge in [-0.1, -0.05) is 13.8 Å². The van der Waals surface area contributed by atoms with Gasteiger partial charge < -0.3 is 10.2 Å². The number of hydrogen-bond acceptors (Lipinski definition) is 5. The van der Waals surface area contributed by atoms with E-state index in [2.05, 4.69) is 0 Å². The van der Waals surface area contributed by atoms with Gasteiger partial charge in [0, 0.05) is 36.0 Å². The molecule has 0 bridgehead atoms. The van der Waals surface area contributed by atoms with E-state index in [1.165, 1.54) is 0 Å². The van der Waals surface area contributed by atoms with Gasteiger partial charge in [0.2, 0.25) is 0 Å².